The highest BCUT2D eigenvalue weighted by Gasteiger charge is 2.42. The molecule has 1 heterocycles. The van der Waals surface area contributed by atoms with Gasteiger partial charge < -0.3 is 14.8 Å². The van der Waals surface area contributed by atoms with Crippen molar-refractivity contribution in [2.24, 2.45) is 0 Å². The molecule has 1 atom stereocenters. The van der Waals surface area contributed by atoms with E-state index in [1.165, 1.54) is 36.4 Å². The summed E-state index contributed by atoms with van der Waals surface area (Å²) in [7, 11) is -2.99. The number of anilines is 1. The third-order valence-electron chi connectivity index (χ3n) is 6.83. The van der Waals surface area contributed by atoms with Crippen molar-refractivity contribution in [3.05, 3.63) is 114 Å². The lowest BCUT2D eigenvalue weighted by molar-refractivity contribution is -0.122. The number of esters is 1. The van der Waals surface area contributed by atoms with E-state index in [4.69, 9.17) is 4.74 Å². The first kappa shape index (κ1) is 28.7. The first-order valence-corrected chi connectivity index (χ1v) is 14.4. The second kappa shape index (κ2) is 12.0. The Morgan fingerprint density at radius 2 is 1.60 bits per heavy atom. The number of para-hydroxylation sites is 1. The second-order valence-electron chi connectivity index (χ2n) is 9.45. The number of halogens is 2. The number of methoxy groups -OCH3 is 1. The molecule has 216 valence electrons. The van der Waals surface area contributed by atoms with Crippen LogP contribution in [0.3, 0.4) is 0 Å². The number of rotatable bonds is 9. The van der Waals surface area contributed by atoms with Gasteiger partial charge in [0.25, 0.3) is 10.0 Å². The van der Waals surface area contributed by atoms with Gasteiger partial charge >= 0.3 is 5.97 Å². The first-order chi connectivity index (χ1) is 20.2. The van der Waals surface area contributed by atoms with Gasteiger partial charge in [-0.25, -0.2) is 22.0 Å². The van der Waals surface area contributed by atoms with Crippen LogP contribution in [0.5, 0.6) is 5.75 Å². The van der Waals surface area contributed by atoms with Crippen LogP contribution in [0, 0.1) is 11.6 Å². The average molecular weight is 593 g/mol. The van der Waals surface area contributed by atoms with Crippen molar-refractivity contribution in [1.29, 1.82) is 0 Å². The number of benzene rings is 4. The molecule has 1 aliphatic rings. The molecule has 42 heavy (non-hydrogen) atoms. The molecule has 8 nitrogen and oxygen atoms in total. The minimum Gasteiger partial charge on any atom is -0.492 e. The number of sulfonamides is 1. The van der Waals surface area contributed by atoms with Gasteiger partial charge in [-0.15, -0.1) is 0 Å². The molecule has 1 aliphatic heterocycles. The van der Waals surface area contributed by atoms with E-state index in [2.05, 4.69) is 10.1 Å². The van der Waals surface area contributed by atoms with Crippen LogP contribution in [0.25, 0.3) is 11.1 Å². The van der Waals surface area contributed by atoms with Crippen LogP contribution in [0.15, 0.2) is 95.9 Å². The molecule has 0 fully saturated rings. The maximum Gasteiger partial charge on any atom is 0.340 e. The summed E-state index contributed by atoms with van der Waals surface area (Å²) in [6.07, 6.45) is 0.177. The highest BCUT2D eigenvalue weighted by molar-refractivity contribution is 7.93. The molecule has 0 aliphatic carbocycles. The Balaban J connectivity index is 1.29. The fraction of sp³-hybridized carbons (Fsp3) is 0.161. The number of nitrogens with zero attached hydrogens (tertiary/aromatic N) is 1. The summed E-state index contributed by atoms with van der Waals surface area (Å²) in [6.45, 7) is -0.00762. The minimum absolute atomic E-state index is 0.00336. The van der Waals surface area contributed by atoms with Crippen molar-refractivity contribution in [2.45, 2.75) is 17.4 Å². The van der Waals surface area contributed by atoms with E-state index >= 15 is 0 Å². The smallest absolute Gasteiger partial charge is 0.340 e. The zero-order valence-corrected chi connectivity index (χ0v) is 23.2. The highest BCUT2D eigenvalue weighted by atomic mass is 32.2. The van der Waals surface area contributed by atoms with Gasteiger partial charge in [-0.05, 0) is 59.2 Å². The first-order valence-electron chi connectivity index (χ1n) is 13.0. The Kier molecular flexibility index (Phi) is 8.21. The maximum absolute atomic E-state index is 14.2. The zero-order valence-electron chi connectivity index (χ0n) is 22.4. The van der Waals surface area contributed by atoms with Crippen molar-refractivity contribution < 1.29 is 36.3 Å². The number of hydrogen-bond donors (Lipinski definition) is 1. The molecule has 5 rings (SSSR count). The molecule has 0 radical (unpaired) electrons. The predicted molar refractivity (Wildman–Crippen MR) is 152 cm³/mol. The van der Waals surface area contributed by atoms with E-state index in [-0.39, 0.29) is 41.6 Å². The number of amides is 1. The van der Waals surface area contributed by atoms with E-state index < -0.39 is 33.8 Å². The second-order valence-corrected chi connectivity index (χ2v) is 11.3. The topological polar surface area (TPSA) is 102 Å². The molecule has 0 bridgehead atoms. The van der Waals surface area contributed by atoms with E-state index in [0.29, 0.717) is 16.8 Å². The van der Waals surface area contributed by atoms with E-state index in [1.54, 1.807) is 48.5 Å². The van der Waals surface area contributed by atoms with Crippen molar-refractivity contribution in [3.63, 3.8) is 0 Å². The molecule has 0 unspecified atom stereocenters. The van der Waals surface area contributed by atoms with E-state index in [9.17, 15) is 26.8 Å². The van der Waals surface area contributed by atoms with Crippen molar-refractivity contribution in [3.8, 4) is 16.9 Å². The van der Waals surface area contributed by atoms with Crippen LogP contribution in [-0.4, -0.2) is 46.6 Å². The third kappa shape index (κ3) is 5.82. The molecular formula is C31H26F2N2O6S. The molecule has 0 aromatic heterocycles. The summed E-state index contributed by atoms with van der Waals surface area (Å²) in [5.74, 6) is -2.36. The van der Waals surface area contributed by atoms with Gasteiger partial charge in [0, 0.05) is 12.5 Å². The van der Waals surface area contributed by atoms with Gasteiger partial charge in [-0.1, -0.05) is 42.5 Å². The molecule has 1 amide bonds. The Morgan fingerprint density at radius 1 is 0.929 bits per heavy atom. The molecule has 4 aromatic carbocycles. The zero-order chi connectivity index (χ0) is 29.9. The number of fused-ring (bicyclic) bond motifs is 1. The van der Waals surface area contributed by atoms with Crippen LogP contribution in [0.2, 0.25) is 0 Å². The number of hydrogen-bond acceptors (Lipinski definition) is 6. The fourth-order valence-corrected chi connectivity index (χ4v) is 6.40. The molecule has 4 aromatic rings. The molecule has 0 saturated heterocycles. The quantitative estimate of drug-likeness (QED) is 0.223. The predicted octanol–water partition coefficient (Wildman–Crippen LogP) is 4.73. The van der Waals surface area contributed by atoms with Crippen molar-refractivity contribution in [2.75, 3.05) is 24.6 Å². The monoisotopic (exact) mass is 592 g/mol. The number of carbonyl (C=O) groups is 2. The van der Waals surface area contributed by atoms with Gasteiger partial charge in [0.05, 0.1) is 29.8 Å². The van der Waals surface area contributed by atoms with E-state index in [0.717, 1.165) is 23.0 Å². The van der Waals surface area contributed by atoms with Crippen molar-refractivity contribution >= 4 is 27.6 Å². The SMILES string of the molecule is COC(=O)c1ccc(OCCNC(=O)[C@@H]2Cc3ccccc3N2S(=O)(=O)c2ccc(-c3ccc(F)cc3)cc2)cc1F. The van der Waals surface area contributed by atoms with Gasteiger partial charge in [0.1, 0.15) is 30.0 Å². The lowest BCUT2D eigenvalue weighted by Gasteiger charge is -2.26. The standard InChI is InChI=1S/C31H26F2N2O6S/c1-40-31(37)26-15-12-24(19-27(26)33)41-17-16-34-30(36)29-18-22-4-2-3-5-28(22)35(29)42(38,39)25-13-8-21(9-14-25)20-6-10-23(32)11-7-20/h2-15,19,29H,16-18H2,1H3,(H,34,36)/t29-/m0/s1. The Bertz CT molecular complexity index is 1730. The lowest BCUT2D eigenvalue weighted by Crippen LogP contribution is -2.48. The normalized spacial score (nSPS) is 14.3. The Hall–Kier alpha value is -4.77. The van der Waals surface area contributed by atoms with Crippen LogP contribution < -0.4 is 14.4 Å². The molecule has 1 N–H and O–H groups in total. The van der Waals surface area contributed by atoms with Gasteiger partial charge in [0.15, 0.2) is 0 Å². The molecule has 0 spiro atoms. The largest absolute Gasteiger partial charge is 0.492 e. The summed E-state index contributed by atoms with van der Waals surface area (Å²) in [6, 6.07) is 21.6. The highest BCUT2D eigenvalue weighted by Crippen LogP contribution is 2.37. The van der Waals surface area contributed by atoms with Gasteiger partial charge in [-0.3, -0.25) is 9.10 Å². The van der Waals surface area contributed by atoms with Crippen LogP contribution in [0.4, 0.5) is 14.5 Å². The summed E-state index contributed by atoms with van der Waals surface area (Å²) in [5, 5.41) is 2.70. The van der Waals surface area contributed by atoms with Gasteiger partial charge in [0.2, 0.25) is 5.91 Å². The molecule has 0 saturated carbocycles. The van der Waals surface area contributed by atoms with Crippen LogP contribution in [0.1, 0.15) is 15.9 Å². The molecule has 11 heteroatoms. The van der Waals surface area contributed by atoms with Crippen LogP contribution >= 0.6 is 0 Å². The van der Waals surface area contributed by atoms with Gasteiger partial charge in [-0.2, -0.15) is 0 Å². The summed E-state index contributed by atoms with van der Waals surface area (Å²) in [4.78, 5) is 24.8. The number of nitrogens with one attached hydrogen (secondary N) is 1. The Morgan fingerprint density at radius 3 is 2.26 bits per heavy atom. The van der Waals surface area contributed by atoms with Crippen LogP contribution in [-0.2, 0) is 26.0 Å². The fourth-order valence-electron chi connectivity index (χ4n) is 4.75. The lowest BCUT2D eigenvalue weighted by atomic mass is 10.1. The average Bonchev–Trinajstić information content (AvgIpc) is 3.40. The summed E-state index contributed by atoms with van der Waals surface area (Å²) >= 11 is 0. The molecular weight excluding hydrogens is 566 g/mol. The summed E-state index contributed by atoms with van der Waals surface area (Å²) < 4.78 is 66.3. The van der Waals surface area contributed by atoms with Crippen molar-refractivity contribution in [1.82, 2.24) is 5.32 Å². The third-order valence-corrected chi connectivity index (χ3v) is 8.67. The van der Waals surface area contributed by atoms with E-state index in [1.807, 2.05) is 0 Å². The number of carbonyl (C=O) groups excluding carboxylic acids is 2. The maximum atomic E-state index is 14.2. The number of ether oxygens (including phenoxy) is 2. The summed E-state index contributed by atoms with van der Waals surface area (Å²) in [5.41, 5.74) is 2.34. The minimum atomic E-state index is -4.14. The Labute approximate surface area is 241 Å².